The number of likely N-dealkylation sites (tertiary alicyclic amines) is 1. The van der Waals surface area contributed by atoms with Crippen molar-refractivity contribution in [1.29, 1.82) is 0 Å². The van der Waals surface area contributed by atoms with Crippen LogP contribution in [0, 0.1) is 11.7 Å². The highest BCUT2D eigenvalue weighted by Gasteiger charge is 2.27. The molecule has 0 aliphatic carbocycles. The fraction of sp³-hybridized carbons (Fsp3) is 0.429. The highest BCUT2D eigenvalue weighted by Crippen LogP contribution is 2.16. The summed E-state index contributed by atoms with van der Waals surface area (Å²) in [7, 11) is 0. The number of rotatable bonds is 5. The SMILES string of the molecule is NC(=O)C1CCN(CC(=O)Cc2ccccc2F)C1. The Morgan fingerprint density at radius 2 is 2.11 bits per heavy atom. The number of benzene rings is 1. The van der Waals surface area contributed by atoms with E-state index in [-0.39, 0.29) is 36.4 Å². The molecule has 1 saturated heterocycles. The van der Waals surface area contributed by atoms with Crippen molar-refractivity contribution < 1.29 is 14.0 Å². The van der Waals surface area contributed by atoms with Crippen LogP contribution in [0.5, 0.6) is 0 Å². The van der Waals surface area contributed by atoms with Crippen molar-refractivity contribution in [3.05, 3.63) is 35.6 Å². The number of carbonyl (C=O) groups excluding carboxylic acids is 2. The second-order valence-corrected chi connectivity index (χ2v) is 4.93. The van der Waals surface area contributed by atoms with E-state index in [9.17, 15) is 14.0 Å². The number of nitrogens with zero attached hydrogens (tertiary/aromatic N) is 1. The molecule has 1 heterocycles. The maximum atomic E-state index is 13.4. The average molecular weight is 264 g/mol. The van der Waals surface area contributed by atoms with Gasteiger partial charge in [-0.1, -0.05) is 18.2 Å². The maximum Gasteiger partial charge on any atom is 0.221 e. The zero-order valence-corrected chi connectivity index (χ0v) is 10.6. The Morgan fingerprint density at radius 3 is 2.74 bits per heavy atom. The molecule has 102 valence electrons. The van der Waals surface area contributed by atoms with Crippen molar-refractivity contribution in [1.82, 2.24) is 4.90 Å². The minimum Gasteiger partial charge on any atom is -0.369 e. The summed E-state index contributed by atoms with van der Waals surface area (Å²) in [6.07, 6.45) is 0.784. The topological polar surface area (TPSA) is 63.4 Å². The van der Waals surface area contributed by atoms with E-state index in [1.165, 1.54) is 6.07 Å². The zero-order valence-electron chi connectivity index (χ0n) is 10.6. The lowest BCUT2D eigenvalue weighted by atomic mass is 10.1. The molecule has 1 atom stereocenters. The summed E-state index contributed by atoms with van der Waals surface area (Å²) in [6, 6.07) is 6.27. The molecule has 1 aromatic carbocycles. The van der Waals surface area contributed by atoms with Crippen LogP contribution in [-0.4, -0.2) is 36.2 Å². The zero-order chi connectivity index (χ0) is 13.8. The van der Waals surface area contributed by atoms with Gasteiger partial charge in [0, 0.05) is 13.0 Å². The van der Waals surface area contributed by atoms with Gasteiger partial charge in [0.2, 0.25) is 5.91 Å². The van der Waals surface area contributed by atoms with E-state index in [0.717, 1.165) is 0 Å². The van der Waals surface area contributed by atoms with Gasteiger partial charge in [-0.05, 0) is 24.6 Å². The molecule has 2 N–H and O–H groups in total. The number of primary amides is 1. The quantitative estimate of drug-likeness (QED) is 0.853. The van der Waals surface area contributed by atoms with Crippen LogP contribution in [0.1, 0.15) is 12.0 Å². The Balaban J connectivity index is 1.86. The van der Waals surface area contributed by atoms with E-state index in [1.54, 1.807) is 18.2 Å². The largest absolute Gasteiger partial charge is 0.369 e. The van der Waals surface area contributed by atoms with Crippen LogP contribution < -0.4 is 5.73 Å². The van der Waals surface area contributed by atoms with Crippen LogP contribution in [0.2, 0.25) is 0 Å². The maximum absolute atomic E-state index is 13.4. The normalized spacial score (nSPS) is 19.5. The highest BCUT2D eigenvalue weighted by atomic mass is 19.1. The predicted octanol–water partition coefficient (Wildman–Crippen LogP) is 0.744. The minimum atomic E-state index is -0.354. The Labute approximate surface area is 111 Å². The molecule has 1 aliphatic heterocycles. The highest BCUT2D eigenvalue weighted by molar-refractivity contribution is 5.83. The Kier molecular flexibility index (Phi) is 4.27. The molecular weight excluding hydrogens is 247 g/mol. The molecule has 0 saturated carbocycles. The van der Waals surface area contributed by atoms with Gasteiger partial charge in [-0.25, -0.2) is 4.39 Å². The predicted molar refractivity (Wildman–Crippen MR) is 68.9 cm³/mol. The van der Waals surface area contributed by atoms with Crippen molar-refractivity contribution in [3.8, 4) is 0 Å². The molecule has 1 fully saturated rings. The van der Waals surface area contributed by atoms with E-state index >= 15 is 0 Å². The molecule has 0 aromatic heterocycles. The third kappa shape index (κ3) is 3.61. The van der Waals surface area contributed by atoms with E-state index in [0.29, 0.717) is 25.1 Å². The van der Waals surface area contributed by atoms with Gasteiger partial charge < -0.3 is 5.73 Å². The van der Waals surface area contributed by atoms with E-state index in [1.807, 2.05) is 4.90 Å². The summed E-state index contributed by atoms with van der Waals surface area (Å²) in [4.78, 5) is 24.8. The number of Topliss-reactive ketones (excluding diaryl/α,β-unsaturated/α-hetero) is 1. The van der Waals surface area contributed by atoms with Crippen LogP contribution in [-0.2, 0) is 16.0 Å². The fourth-order valence-electron chi connectivity index (χ4n) is 2.37. The van der Waals surface area contributed by atoms with Crippen LogP contribution >= 0.6 is 0 Å². The van der Waals surface area contributed by atoms with Gasteiger partial charge in [-0.3, -0.25) is 14.5 Å². The minimum absolute atomic E-state index is 0.0461. The second kappa shape index (κ2) is 5.93. The molecule has 1 aromatic rings. The van der Waals surface area contributed by atoms with Crippen molar-refractivity contribution in [3.63, 3.8) is 0 Å². The Hall–Kier alpha value is -1.75. The number of carbonyl (C=O) groups is 2. The van der Waals surface area contributed by atoms with Gasteiger partial charge in [0.1, 0.15) is 5.82 Å². The molecule has 0 bridgehead atoms. The van der Waals surface area contributed by atoms with E-state index < -0.39 is 0 Å². The third-order valence-electron chi connectivity index (χ3n) is 3.42. The summed E-state index contributed by atoms with van der Waals surface area (Å²) in [5, 5.41) is 0. The van der Waals surface area contributed by atoms with Crippen molar-refractivity contribution in [2.75, 3.05) is 19.6 Å². The summed E-state index contributed by atoms with van der Waals surface area (Å²) in [5.74, 6) is -0.882. The van der Waals surface area contributed by atoms with Crippen molar-refractivity contribution in [2.24, 2.45) is 11.7 Å². The molecule has 1 amide bonds. The van der Waals surface area contributed by atoms with Crippen LogP contribution in [0.25, 0.3) is 0 Å². The number of amides is 1. The summed E-state index contributed by atoms with van der Waals surface area (Å²) in [6.45, 7) is 1.47. The summed E-state index contributed by atoms with van der Waals surface area (Å²) >= 11 is 0. The van der Waals surface area contributed by atoms with E-state index in [2.05, 4.69) is 0 Å². The number of ketones is 1. The summed E-state index contributed by atoms with van der Waals surface area (Å²) in [5.41, 5.74) is 5.65. The number of nitrogens with two attached hydrogens (primary N) is 1. The van der Waals surface area contributed by atoms with Gasteiger partial charge in [-0.2, -0.15) is 0 Å². The molecule has 1 aliphatic rings. The standard InChI is InChI=1S/C14H17FN2O2/c15-13-4-2-1-3-10(13)7-12(18)9-17-6-5-11(8-17)14(16)19/h1-4,11H,5-9H2,(H2,16,19). The third-order valence-corrected chi connectivity index (χ3v) is 3.42. The number of hydrogen-bond donors (Lipinski definition) is 1. The smallest absolute Gasteiger partial charge is 0.221 e. The molecule has 19 heavy (non-hydrogen) atoms. The average Bonchev–Trinajstić information content (AvgIpc) is 2.80. The van der Waals surface area contributed by atoms with Gasteiger partial charge in [0.25, 0.3) is 0 Å². The Morgan fingerprint density at radius 1 is 1.37 bits per heavy atom. The van der Waals surface area contributed by atoms with Gasteiger partial charge in [0.05, 0.1) is 12.5 Å². The van der Waals surface area contributed by atoms with Crippen LogP contribution in [0.3, 0.4) is 0 Å². The molecule has 0 spiro atoms. The molecule has 5 heteroatoms. The lowest BCUT2D eigenvalue weighted by molar-refractivity contribution is -0.122. The molecule has 1 unspecified atom stereocenters. The summed E-state index contributed by atoms with van der Waals surface area (Å²) < 4.78 is 13.4. The van der Waals surface area contributed by atoms with Gasteiger partial charge >= 0.3 is 0 Å². The first-order chi connectivity index (χ1) is 9.06. The monoisotopic (exact) mass is 264 g/mol. The molecule has 4 nitrogen and oxygen atoms in total. The lowest BCUT2D eigenvalue weighted by Crippen LogP contribution is -2.31. The molecular formula is C14H17FN2O2. The second-order valence-electron chi connectivity index (χ2n) is 4.93. The number of hydrogen-bond acceptors (Lipinski definition) is 3. The number of halogens is 1. The van der Waals surface area contributed by atoms with Crippen molar-refractivity contribution in [2.45, 2.75) is 12.8 Å². The van der Waals surface area contributed by atoms with Crippen LogP contribution in [0.4, 0.5) is 4.39 Å². The fourth-order valence-corrected chi connectivity index (χ4v) is 2.37. The first-order valence-corrected chi connectivity index (χ1v) is 6.33. The van der Waals surface area contributed by atoms with Crippen LogP contribution in [0.15, 0.2) is 24.3 Å². The lowest BCUT2D eigenvalue weighted by Gasteiger charge is -2.14. The van der Waals surface area contributed by atoms with Gasteiger partial charge in [0.15, 0.2) is 5.78 Å². The molecule has 0 radical (unpaired) electrons. The van der Waals surface area contributed by atoms with Gasteiger partial charge in [-0.15, -0.1) is 0 Å². The van der Waals surface area contributed by atoms with Crippen molar-refractivity contribution >= 4 is 11.7 Å². The van der Waals surface area contributed by atoms with E-state index in [4.69, 9.17) is 5.73 Å². The Bertz CT molecular complexity index is 490. The first-order valence-electron chi connectivity index (χ1n) is 6.33. The molecule has 2 rings (SSSR count). The first kappa shape index (κ1) is 13.7.